The maximum absolute atomic E-state index is 9.93. The van der Waals surface area contributed by atoms with Gasteiger partial charge in [0.1, 0.15) is 6.29 Å². The maximum atomic E-state index is 9.93. The van der Waals surface area contributed by atoms with E-state index < -0.39 is 0 Å². The van der Waals surface area contributed by atoms with Crippen molar-refractivity contribution in [3.8, 4) is 0 Å². The first-order chi connectivity index (χ1) is 8.17. The minimum Gasteiger partial charge on any atom is -0.318 e. The Bertz CT molecular complexity index is 213. The highest BCUT2D eigenvalue weighted by atomic mass is 79.9. The Balaban J connectivity index is -0.000000188. The average Bonchev–Trinajstić information content (AvgIpc) is 2.38. The maximum Gasteiger partial charge on any atom is 0.213 e. The molecule has 0 spiro atoms. The molecule has 0 aromatic rings. The van der Waals surface area contributed by atoms with Crippen molar-refractivity contribution in [1.82, 2.24) is 4.90 Å². The number of hydrogen-bond acceptors (Lipinski definition) is 2. The molecule has 0 unspecified atom stereocenters. The van der Waals surface area contributed by atoms with Gasteiger partial charge in [-0.05, 0) is 6.20 Å². The van der Waals surface area contributed by atoms with E-state index in [1.165, 1.54) is 11.1 Å². The highest BCUT2D eigenvalue weighted by Crippen LogP contribution is 1.79. The van der Waals surface area contributed by atoms with Crippen LogP contribution in [0.1, 0.15) is 6.42 Å². The molecule has 0 heterocycles. The Morgan fingerprint density at radius 3 is 1.59 bits per heavy atom. The van der Waals surface area contributed by atoms with Crippen LogP contribution in [0.2, 0.25) is 0 Å². The van der Waals surface area contributed by atoms with Crippen molar-refractivity contribution in [1.29, 1.82) is 0 Å². The Morgan fingerprint density at radius 2 is 1.53 bits per heavy atom. The Kier molecular flexibility index (Phi) is 29.6. The second kappa shape index (κ2) is 24.0. The van der Waals surface area contributed by atoms with E-state index in [0.717, 1.165) is 11.6 Å². The molecule has 0 aliphatic carbocycles. The van der Waals surface area contributed by atoms with Gasteiger partial charge in [-0.2, -0.15) is 0 Å². The van der Waals surface area contributed by atoms with Crippen LogP contribution in [0, 0.1) is 0 Å². The van der Waals surface area contributed by atoms with Crippen LogP contribution in [-0.2, 0) is 9.59 Å². The van der Waals surface area contributed by atoms with Gasteiger partial charge in [0, 0.05) is 18.3 Å². The minimum atomic E-state index is 0.472. The summed E-state index contributed by atoms with van der Waals surface area (Å²) >= 11 is 3.13. The Morgan fingerprint density at radius 1 is 1.00 bits per heavy atom. The van der Waals surface area contributed by atoms with E-state index in [4.69, 9.17) is 0 Å². The van der Waals surface area contributed by atoms with E-state index in [9.17, 15) is 9.59 Å². The summed E-state index contributed by atoms with van der Waals surface area (Å²) in [7, 11) is 0. The Hall–Kier alpha value is -1.42. The van der Waals surface area contributed by atoms with Crippen LogP contribution >= 0.6 is 15.9 Å². The molecule has 0 atom stereocenters. The van der Waals surface area contributed by atoms with Gasteiger partial charge in [-0.1, -0.05) is 40.7 Å². The van der Waals surface area contributed by atoms with Gasteiger partial charge in [0.25, 0.3) is 0 Å². The smallest absolute Gasteiger partial charge is 0.213 e. The molecule has 0 rings (SSSR count). The highest BCUT2D eigenvalue weighted by Gasteiger charge is 1.85. The van der Waals surface area contributed by atoms with E-state index in [1.54, 1.807) is 18.2 Å². The second-order valence-electron chi connectivity index (χ2n) is 2.41. The summed E-state index contributed by atoms with van der Waals surface area (Å²) in [6.07, 6.45) is 8.43. The lowest BCUT2D eigenvalue weighted by atomic mass is 10.5. The van der Waals surface area contributed by atoms with Crippen LogP contribution < -0.4 is 0 Å². The lowest BCUT2D eigenvalue weighted by Crippen LogP contribution is -2.13. The monoisotopic (exact) mass is 301 g/mol. The van der Waals surface area contributed by atoms with Gasteiger partial charge in [-0.25, -0.2) is 0 Å². The minimum absolute atomic E-state index is 0.472. The SMILES string of the molecule is C=CCBr.C=CCC=O.C=CCN(C=C)C=O. The normalized spacial score (nSPS) is 6.88. The van der Waals surface area contributed by atoms with E-state index in [0.29, 0.717) is 19.4 Å². The van der Waals surface area contributed by atoms with Crippen molar-refractivity contribution in [2.75, 3.05) is 11.9 Å². The number of alkyl halides is 1. The molecule has 1 amide bonds. The lowest BCUT2D eigenvalue weighted by molar-refractivity contribution is -0.115. The third-order valence-electron chi connectivity index (χ3n) is 1.08. The van der Waals surface area contributed by atoms with E-state index in [2.05, 4.69) is 42.2 Å². The number of allylic oxidation sites excluding steroid dienone is 2. The molecule has 0 fully saturated rings. The summed E-state index contributed by atoms with van der Waals surface area (Å²) in [6, 6.07) is 0. The first-order valence-corrected chi connectivity index (χ1v) is 5.96. The van der Waals surface area contributed by atoms with Crippen LogP contribution in [-0.4, -0.2) is 29.5 Å². The predicted octanol–water partition coefficient (Wildman–Crippen LogP) is 3.10. The summed E-state index contributed by atoms with van der Waals surface area (Å²) in [4.78, 5) is 20.7. The lowest BCUT2D eigenvalue weighted by Gasteiger charge is -2.05. The summed E-state index contributed by atoms with van der Waals surface area (Å²) in [5.41, 5.74) is 0. The van der Waals surface area contributed by atoms with Gasteiger partial charge in [0.05, 0.1) is 0 Å². The summed E-state index contributed by atoms with van der Waals surface area (Å²) in [5, 5.41) is 0.896. The number of rotatable bonds is 7. The zero-order valence-corrected chi connectivity index (χ0v) is 11.6. The molecule has 0 N–H and O–H groups in total. The van der Waals surface area contributed by atoms with Crippen molar-refractivity contribution in [2.45, 2.75) is 6.42 Å². The number of amides is 1. The molecule has 0 saturated heterocycles. The van der Waals surface area contributed by atoms with Gasteiger partial charge in [0.2, 0.25) is 6.41 Å². The fourth-order valence-corrected chi connectivity index (χ4v) is 0.378. The van der Waals surface area contributed by atoms with Crippen LogP contribution in [0.15, 0.2) is 50.7 Å². The van der Waals surface area contributed by atoms with Gasteiger partial charge in [-0.15, -0.1) is 19.7 Å². The molecule has 0 radical (unpaired) electrons. The molecule has 3 nitrogen and oxygen atoms in total. The van der Waals surface area contributed by atoms with E-state index in [1.807, 2.05) is 0 Å². The molecule has 96 valence electrons. The molecular formula is C13H20BrNO2. The molecule has 0 aromatic heterocycles. The first kappa shape index (κ1) is 20.9. The number of nitrogens with zero attached hydrogens (tertiary/aromatic N) is 1. The number of halogens is 1. The first-order valence-electron chi connectivity index (χ1n) is 4.84. The third kappa shape index (κ3) is 31.3. The zero-order chi connectivity index (χ0) is 13.9. The fraction of sp³-hybridized carbons (Fsp3) is 0.231. The zero-order valence-electron chi connectivity index (χ0n) is 10.1. The molecule has 4 heteroatoms. The van der Waals surface area contributed by atoms with Crippen molar-refractivity contribution in [3.63, 3.8) is 0 Å². The Labute approximate surface area is 112 Å². The van der Waals surface area contributed by atoms with Crippen molar-refractivity contribution < 1.29 is 9.59 Å². The van der Waals surface area contributed by atoms with Crippen molar-refractivity contribution in [3.05, 3.63) is 50.7 Å². The number of aldehydes is 1. The number of carbonyl (C=O) groups is 2. The van der Waals surface area contributed by atoms with E-state index in [-0.39, 0.29) is 0 Å². The van der Waals surface area contributed by atoms with Gasteiger partial charge >= 0.3 is 0 Å². The third-order valence-corrected chi connectivity index (χ3v) is 1.54. The van der Waals surface area contributed by atoms with Crippen LogP contribution in [0.5, 0.6) is 0 Å². The van der Waals surface area contributed by atoms with Gasteiger partial charge < -0.3 is 9.69 Å². The second-order valence-corrected chi connectivity index (χ2v) is 3.05. The van der Waals surface area contributed by atoms with E-state index >= 15 is 0 Å². The van der Waals surface area contributed by atoms with Gasteiger partial charge in [-0.3, -0.25) is 4.79 Å². The quantitative estimate of drug-likeness (QED) is 0.412. The molecule has 0 bridgehead atoms. The van der Waals surface area contributed by atoms with Crippen molar-refractivity contribution >= 4 is 28.6 Å². The largest absolute Gasteiger partial charge is 0.318 e. The summed E-state index contributed by atoms with van der Waals surface area (Å²) in [6.45, 7) is 14.1. The van der Waals surface area contributed by atoms with Gasteiger partial charge in [0.15, 0.2) is 0 Å². The number of hydrogen-bond donors (Lipinski definition) is 0. The molecule has 17 heavy (non-hydrogen) atoms. The molecule has 0 saturated carbocycles. The fourth-order valence-electron chi connectivity index (χ4n) is 0.378. The molecule has 0 aliphatic heterocycles. The van der Waals surface area contributed by atoms with Crippen LogP contribution in [0.4, 0.5) is 0 Å². The predicted molar refractivity (Wildman–Crippen MR) is 78.0 cm³/mol. The standard InChI is InChI=1S/C6H9NO.C4H6O.C3H5Br/c1-3-5-7(4-2)6-8;1-2-3-4-5;1-2-3-4/h3-4,6H,1-2,5H2;2,4H,1,3H2;2H,1,3H2. The van der Waals surface area contributed by atoms with Crippen LogP contribution in [0.3, 0.4) is 0 Å². The highest BCUT2D eigenvalue weighted by molar-refractivity contribution is 9.09. The van der Waals surface area contributed by atoms with Crippen molar-refractivity contribution in [2.24, 2.45) is 0 Å². The summed E-state index contributed by atoms with van der Waals surface area (Å²) in [5.74, 6) is 0. The summed E-state index contributed by atoms with van der Waals surface area (Å²) < 4.78 is 0. The van der Waals surface area contributed by atoms with Crippen LogP contribution in [0.25, 0.3) is 0 Å². The molecular weight excluding hydrogens is 282 g/mol. The number of carbonyl (C=O) groups excluding carboxylic acids is 2. The molecule has 0 aromatic carbocycles. The topological polar surface area (TPSA) is 37.4 Å². The average molecular weight is 302 g/mol. The molecule has 0 aliphatic rings.